The molecule has 0 aliphatic heterocycles. The molecule has 0 amide bonds. The lowest BCUT2D eigenvalue weighted by atomic mass is 10.2. The number of nitrogens with zero attached hydrogens (tertiary/aromatic N) is 3. The Labute approximate surface area is 98.5 Å². The molecule has 0 spiro atoms. The summed E-state index contributed by atoms with van der Waals surface area (Å²) in [5.41, 5.74) is 1.74. The van der Waals surface area contributed by atoms with Gasteiger partial charge in [-0.1, -0.05) is 0 Å². The van der Waals surface area contributed by atoms with Crippen LogP contribution in [-0.2, 0) is 4.74 Å². The Kier molecular flexibility index (Phi) is 3.09. The van der Waals surface area contributed by atoms with E-state index in [9.17, 15) is 4.79 Å². The summed E-state index contributed by atoms with van der Waals surface area (Å²) in [4.78, 5) is 23.7. The number of esters is 1. The summed E-state index contributed by atoms with van der Waals surface area (Å²) >= 11 is 0. The topological polar surface area (TPSA) is 65.0 Å². The first-order valence-electron chi connectivity index (χ1n) is 5.05. The lowest BCUT2D eigenvalue weighted by Crippen LogP contribution is -2.07. The van der Waals surface area contributed by atoms with Crippen molar-refractivity contribution in [2.45, 2.75) is 6.92 Å². The lowest BCUT2D eigenvalue weighted by Gasteiger charge is -2.04. The van der Waals surface area contributed by atoms with Crippen molar-refractivity contribution < 1.29 is 9.53 Å². The van der Waals surface area contributed by atoms with Crippen LogP contribution < -0.4 is 0 Å². The fourth-order valence-electron chi connectivity index (χ4n) is 1.44. The van der Waals surface area contributed by atoms with Gasteiger partial charge in [0.05, 0.1) is 12.8 Å². The maximum absolute atomic E-state index is 11.4. The Bertz CT molecular complexity index is 541. The molecule has 17 heavy (non-hydrogen) atoms. The summed E-state index contributed by atoms with van der Waals surface area (Å²) in [5.74, 6) is 0.0485. The van der Waals surface area contributed by atoms with Crippen molar-refractivity contribution in [3.05, 3.63) is 42.1 Å². The van der Waals surface area contributed by atoms with Gasteiger partial charge in [-0.2, -0.15) is 0 Å². The maximum Gasteiger partial charge on any atom is 0.356 e. The molecule has 0 saturated heterocycles. The van der Waals surface area contributed by atoms with E-state index in [2.05, 4.69) is 19.7 Å². The van der Waals surface area contributed by atoms with E-state index in [1.165, 1.54) is 7.11 Å². The van der Waals surface area contributed by atoms with Gasteiger partial charge in [0.2, 0.25) is 0 Å². The van der Waals surface area contributed by atoms with Gasteiger partial charge in [0.25, 0.3) is 0 Å². The highest BCUT2D eigenvalue weighted by atomic mass is 16.5. The van der Waals surface area contributed by atoms with E-state index < -0.39 is 5.97 Å². The van der Waals surface area contributed by atoms with Gasteiger partial charge >= 0.3 is 5.97 Å². The first-order valence-corrected chi connectivity index (χ1v) is 5.05. The second-order valence-corrected chi connectivity index (χ2v) is 3.42. The highest BCUT2D eigenvalue weighted by Crippen LogP contribution is 2.16. The average Bonchev–Trinajstić information content (AvgIpc) is 2.38. The fourth-order valence-corrected chi connectivity index (χ4v) is 1.44. The fraction of sp³-hybridized carbons (Fsp3) is 0.167. The molecule has 5 heteroatoms. The van der Waals surface area contributed by atoms with Crippen molar-refractivity contribution in [1.29, 1.82) is 0 Å². The minimum Gasteiger partial charge on any atom is -0.464 e. The number of aryl methyl sites for hydroxylation is 1. The molecule has 0 aliphatic rings. The summed E-state index contributed by atoms with van der Waals surface area (Å²) < 4.78 is 4.64. The molecule has 0 saturated carbocycles. The Hall–Kier alpha value is -2.30. The lowest BCUT2D eigenvalue weighted by molar-refractivity contribution is 0.0593. The molecule has 0 radical (unpaired) electrons. The first kappa shape index (κ1) is 11.2. The van der Waals surface area contributed by atoms with Gasteiger partial charge in [-0.05, 0) is 25.1 Å². The molecule has 2 heterocycles. The smallest absolute Gasteiger partial charge is 0.356 e. The van der Waals surface area contributed by atoms with Gasteiger partial charge in [0.15, 0.2) is 5.69 Å². The molecule has 5 nitrogen and oxygen atoms in total. The van der Waals surface area contributed by atoms with Crippen molar-refractivity contribution in [2.75, 3.05) is 7.11 Å². The normalized spacial score (nSPS) is 10.0. The molecule has 86 valence electrons. The molecule has 0 aromatic carbocycles. The molecule has 0 bridgehead atoms. The average molecular weight is 229 g/mol. The minimum absolute atomic E-state index is 0.249. The van der Waals surface area contributed by atoms with Gasteiger partial charge in [0, 0.05) is 18.0 Å². The third-order valence-electron chi connectivity index (χ3n) is 2.19. The Balaban J connectivity index is 2.49. The van der Waals surface area contributed by atoms with Gasteiger partial charge < -0.3 is 4.74 Å². The molecule has 0 N–H and O–H groups in total. The van der Waals surface area contributed by atoms with E-state index in [-0.39, 0.29) is 5.69 Å². The third kappa shape index (κ3) is 2.44. The molecule has 0 aliphatic carbocycles. The molecule has 0 atom stereocenters. The highest BCUT2D eigenvalue weighted by molar-refractivity contribution is 5.88. The quantitative estimate of drug-likeness (QED) is 0.732. The maximum atomic E-state index is 11.4. The number of rotatable bonds is 2. The Morgan fingerprint density at radius 3 is 2.82 bits per heavy atom. The summed E-state index contributed by atoms with van der Waals surface area (Å²) in [6.07, 6.45) is 3.36. The largest absolute Gasteiger partial charge is 0.464 e. The molecule has 2 rings (SSSR count). The molecular weight excluding hydrogens is 218 g/mol. The number of carbonyl (C=O) groups excluding carboxylic acids is 1. The van der Waals surface area contributed by atoms with Gasteiger partial charge in [0.1, 0.15) is 5.82 Å². The number of hydrogen-bond acceptors (Lipinski definition) is 5. The zero-order valence-electron chi connectivity index (χ0n) is 9.54. The summed E-state index contributed by atoms with van der Waals surface area (Å²) in [6, 6.07) is 5.27. The zero-order chi connectivity index (χ0) is 12.3. The summed E-state index contributed by atoms with van der Waals surface area (Å²) in [6.45, 7) is 1.73. The van der Waals surface area contributed by atoms with Crippen molar-refractivity contribution in [2.24, 2.45) is 0 Å². The molecular formula is C12H11N3O2. The van der Waals surface area contributed by atoms with Crippen molar-refractivity contribution in [3.63, 3.8) is 0 Å². The monoisotopic (exact) mass is 229 g/mol. The van der Waals surface area contributed by atoms with Crippen molar-refractivity contribution in [1.82, 2.24) is 15.0 Å². The van der Waals surface area contributed by atoms with E-state index in [1.54, 1.807) is 25.4 Å². The summed E-state index contributed by atoms with van der Waals surface area (Å²) in [5, 5.41) is 0. The second kappa shape index (κ2) is 4.69. The second-order valence-electron chi connectivity index (χ2n) is 3.42. The molecule has 0 fully saturated rings. The zero-order valence-corrected chi connectivity index (χ0v) is 9.54. The summed E-state index contributed by atoms with van der Waals surface area (Å²) in [7, 11) is 1.32. The van der Waals surface area contributed by atoms with Crippen LogP contribution in [0.4, 0.5) is 0 Å². The number of ether oxygens (including phenoxy) is 1. The number of methoxy groups -OCH3 is 1. The highest BCUT2D eigenvalue weighted by Gasteiger charge is 2.11. The van der Waals surface area contributed by atoms with Gasteiger partial charge in [-0.15, -0.1) is 0 Å². The van der Waals surface area contributed by atoms with Crippen LogP contribution >= 0.6 is 0 Å². The number of carbonyl (C=O) groups is 1. The predicted octanol–water partition coefficient (Wildman–Crippen LogP) is 1.63. The van der Waals surface area contributed by atoms with Crippen LogP contribution in [0.25, 0.3) is 11.3 Å². The van der Waals surface area contributed by atoms with E-state index in [0.29, 0.717) is 11.5 Å². The van der Waals surface area contributed by atoms with Gasteiger partial charge in [-0.3, -0.25) is 4.98 Å². The van der Waals surface area contributed by atoms with Crippen LogP contribution in [0.5, 0.6) is 0 Å². The van der Waals surface area contributed by atoms with Crippen molar-refractivity contribution in [3.8, 4) is 11.3 Å². The van der Waals surface area contributed by atoms with Crippen molar-refractivity contribution >= 4 is 5.97 Å². The molecule has 2 aromatic heterocycles. The third-order valence-corrected chi connectivity index (χ3v) is 2.19. The van der Waals surface area contributed by atoms with E-state index >= 15 is 0 Å². The van der Waals surface area contributed by atoms with E-state index in [4.69, 9.17) is 0 Å². The predicted molar refractivity (Wildman–Crippen MR) is 61.3 cm³/mol. The SMILES string of the molecule is COC(=O)c1cc(-c2cccnc2)nc(C)n1. The van der Waals surface area contributed by atoms with Crippen LogP contribution in [0.15, 0.2) is 30.6 Å². The number of aromatic nitrogens is 3. The van der Waals surface area contributed by atoms with Crippen LogP contribution in [0, 0.1) is 6.92 Å². The van der Waals surface area contributed by atoms with Crippen LogP contribution in [0.1, 0.15) is 16.3 Å². The Morgan fingerprint density at radius 2 is 2.18 bits per heavy atom. The number of pyridine rings is 1. The molecule has 2 aromatic rings. The first-order chi connectivity index (χ1) is 8.20. The minimum atomic E-state index is -0.472. The molecule has 0 unspecified atom stereocenters. The Morgan fingerprint density at radius 1 is 1.35 bits per heavy atom. The standard InChI is InChI=1S/C12H11N3O2/c1-8-14-10(9-4-3-5-13-7-9)6-11(15-8)12(16)17-2/h3-7H,1-2H3. The number of hydrogen-bond donors (Lipinski definition) is 0. The van der Waals surface area contributed by atoms with Crippen LogP contribution in [0.3, 0.4) is 0 Å². The van der Waals surface area contributed by atoms with E-state index in [0.717, 1.165) is 5.56 Å². The van der Waals surface area contributed by atoms with Crippen LogP contribution in [-0.4, -0.2) is 28.0 Å². The van der Waals surface area contributed by atoms with Gasteiger partial charge in [-0.25, -0.2) is 14.8 Å². The van der Waals surface area contributed by atoms with E-state index in [1.807, 2.05) is 12.1 Å². The van der Waals surface area contributed by atoms with Crippen LogP contribution in [0.2, 0.25) is 0 Å².